The lowest BCUT2D eigenvalue weighted by molar-refractivity contribution is -0.384. The number of non-ortho nitro benzene ring substituents is 1. The third kappa shape index (κ3) is 4.00. The molecule has 1 aliphatic heterocycles. The first-order valence-corrected chi connectivity index (χ1v) is 11.3. The van der Waals surface area contributed by atoms with E-state index in [9.17, 15) is 14.9 Å². The summed E-state index contributed by atoms with van der Waals surface area (Å²) >= 11 is 0. The molecule has 34 heavy (non-hydrogen) atoms. The highest BCUT2D eigenvalue weighted by Crippen LogP contribution is 2.31. The van der Waals surface area contributed by atoms with Gasteiger partial charge in [0.25, 0.3) is 11.2 Å². The Morgan fingerprint density at radius 3 is 2.68 bits per heavy atom. The summed E-state index contributed by atoms with van der Waals surface area (Å²) in [6.07, 6.45) is 2.42. The van der Waals surface area contributed by atoms with Crippen LogP contribution in [0.5, 0.6) is 0 Å². The molecule has 0 amide bonds. The van der Waals surface area contributed by atoms with E-state index in [1.54, 1.807) is 10.6 Å². The number of rotatable bonds is 6. The third-order valence-electron chi connectivity index (χ3n) is 6.43. The molecule has 2 aromatic carbocycles. The zero-order valence-electron chi connectivity index (χ0n) is 18.7. The van der Waals surface area contributed by atoms with Crippen LogP contribution in [0, 0.1) is 16.0 Å². The van der Waals surface area contributed by atoms with Crippen LogP contribution in [0.1, 0.15) is 25.6 Å². The largest absolute Gasteiger partial charge is 0.371 e. The number of anilines is 1. The second kappa shape index (κ2) is 9.00. The highest BCUT2D eigenvalue weighted by Gasteiger charge is 2.24. The summed E-state index contributed by atoms with van der Waals surface area (Å²) in [7, 11) is 0. The third-order valence-corrected chi connectivity index (χ3v) is 6.43. The predicted molar refractivity (Wildman–Crippen MR) is 127 cm³/mol. The second-order valence-corrected chi connectivity index (χ2v) is 8.44. The van der Waals surface area contributed by atoms with Crippen molar-refractivity contribution in [2.24, 2.45) is 5.92 Å². The van der Waals surface area contributed by atoms with Crippen molar-refractivity contribution >= 4 is 22.3 Å². The van der Waals surface area contributed by atoms with E-state index in [-0.39, 0.29) is 16.6 Å². The van der Waals surface area contributed by atoms with Crippen LogP contribution in [0.2, 0.25) is 0 Å². The zero-order valence-corrected chi connectivity index (χ0v) is 18.7. The molecule has 0 atom stereocenters. The molecule has 11 heteroatoms. The number of nitro groups is 1. The lowest BCUT2D eigenvalue weighted by Gasteiger charge is -2.35. The monoisotopic (exact) mass is 460 g/mol. The van der Waals surface area contributed by atoms with Gasteiger partial charge in [-0.15, -0.1) is 10.2 Å². The SMILES string of the molecule is CCc1nc2ccc([N+](=O)[O-])cc2c(=O)n1CC1CCN(c2ccccc2-c2nn[nH]n2)CC1. The molecular formula is C23H24N8O3. The van der Waals surface area contributed by atoms with Gasteiger partial charge in [-0.1, -0.05) is 19.1 Å². The van der Waals surface area contributed by atoms with E-state index in [0.29, 0.717) is 36.0 Å². The Balaban J connectivity index is 1.37. The first-order valence-electron chi connectivity index (χ1n) is 11.3. The van der Waals surface area contributed by atoms with Crippen molar-refractivity contribution in [1.82, 2.24) is 30.2 Å². The molecule has 0 unspecified atom stereocenters. The van der Waals surface area contributed by atoms with E-state index in [1.165, 1.54) is 12.1 Å². The maximum absolute atomic E-state index is 13.3. The van der Waals surface area contributed by atoms with Gasteiger partial charge in [0.1, 0.15) is 5.82 Å². The van der Waals surface area contributed by atoms with Crippen molar-refractivity contribution < 1.29 is 4.92 Å². The molecule has 1 N–H and O–H groups in total. The van der Waals surface area contributed by atoms with Crippen molar-refractivity contribution in [1.29, 1.82) is 0 Å². The maximum Gasteiger partial charge on any atom is 0.270 e. The Kier molecular flexibility index (Phi) is 5.74. The number of nitrogens with one attached hydrogen (secondary N) is 1. The normalized spacial score (nSPS) is 14.6. The Hall–Kier alpha value is -4.15. The standard InChI is InChI=1S/C23H24N8O3/c1-2-21-24-19-8-7-16(31(33)34)13-18(19)23(32)30(21)14-15-9-11-29(12-10-15)20-6-4-3-5-17(20)22-25-27-28-26-22/h3-8,13,15H,2,9-12,14H2,1H3,(H,25,26,27,28). The van der Waals surface area contributed by atoms with Gasteiger partial charge in [0.05, 0.1) is 15.8 Å². The molecule has 1 fully saturated rings. The molecule has 0 saturated carbocycles. The topological polar surface area (TPSA) is 136 Å². The van der Waals surface area contributed by atoms with Crippen molar-refractivity contribution in [3.8, 4) is 11.4 Å². The van der Waals surface area contributed by atoms with Crippen LogP contribution in [-0.4, -0.2) is 48.2 Å². The van der Waals surface area contributed by atoms with Gasteiger partial charge in [0.15, 0.2) is 0 Å². The Morgan fingerprint density at radius 1 is 1.18 bits per heavy atom. The molecule has 4 aromatic rings. The first-order chi connectivity index (χ1) is 16.5. The summed E-state index contributed by atoms with van der Waals surface area (Å²) in [6.45, 7) is 4.19. The molecule has 1 aliphatic rings. The van der Waals surface area contributed by atoms with E-state index >= 15 is 0 Å². The number of aryl methyl sites for hydroxylation is 1. The number of fused-ring (bicyclic) bond motifs is 1. The summed E-state index contributed by atoms with van der Waals surface area (Å²) in [5.74, 6) is 1.57. The second-order valence-electron chi connectivity index (χ2n) is 8.44. The highest BCUT2D eigenvalue weighted by atomic mass is 16.6. The molecule has 0 radical (unpaired) electrons. The van der Waals surface area contributed by atoms with Gasteiger partial charge in [0, 0.05) is 49.4 Å². The zero-order chi connectivity index (χ0) is 23.7. The minimum Gasteiger partial charge on any atom is -0.371 e. The van der Waals surface area contributed by atoms with E-state index in [1.807, 2.05) is 25.1 Å². The minimum absolute atomic E-state index is 0.101. The molecule has 1 saturated heterocycles. The average Bonchev–Trinajstić information content (AvgIpc) is 3.41. The molecule has 0 aliphatic carbocycles. The molecule has 2 aromatic heterocycles. The number of para-hydroxylation sites is 1. The Morgan fingerprint density at radius 2 is 1.97 bits per heavy atom. The summed E-state index contributed by atoms with van der Waals surface area (Å²) in [4.78, 5) is 30.9. The van der Waals surface area contributed by atoms with E-state index in [4.69, 9.17) is 0 Å². The average molecular weight is 460 g/mol. The first kappa shape index (κ1) is 21.7. The van der Waals surface area contributed by atoms with Gasteiger partial charge in [-0.2, -0.15) is 5.21 Å². The van der Waals surface area contributed by atoms with Crippen LogP contribution in [0.4, 0.5) is 11.4 Å². The van der Waals surface area contributed by atoms with E-state index in [2.05, 4.69) is 36.6 Å². The van der Waals surface area contributed by atoms with Gasteiger partial charge >= 0.3 is 0 Å². The minimum atomic E-state index is -0.487. The van der Waals surface area contributed by atoms with Crippen LogP contribution in [-0.2, 0) is 13.0 Å². The number of hydrogen-bond donors (Lipinski definition) is 1. The van der Waals surface area contributed by atoms with Crippen LogP contribution < -0.4 is 10.5 Å². The molecule has 0 spiro atoms. The van der Waals surface area contributed by atoms with Crippen molar-refractivity contribution in [2.75, 3.05) is 18.0 Å². The van der Waals surface area contributed by atoms with Crippen LogP contribution in [0.15, 0.2) is 47.3 Å². The number of aromatic nitrogens is 6. The van der Waals surface area contributed by atoms with Gasteiger partial charge < -0.3 is 4.90 Å². The lowest BCUT2D eigenvalue weighted by Crippen LogP contribution is -2.37. The van der Waals surface area contributed by atoms with Gasteiger partial charge in [0.2, 0.25) is 5.82 Å². The molecule has 11 nitrogen and oxygen atoms in total. The summed E-state index contributed by atoms with van der Waals surface area (Å²) in [5, 5.41) is 25.9. The quantitative estimate of drug-likeness (QED) is 0.343. The van der Waals surface area contributed by atoms with Crippen molar-refractivity contribution in [2.45, 2.75) is 32.7 Å². The number of benzene rings is 2. The van der Waals surface area contributed by atoms with Crippen molar-refractivity contribution in [3.63, 3.8) is 0 Å². The van der Waals surface area contributed by atoms with E-state index in [0.717, 1.165) is 37.2 Å². The molecular weight excluding hydrogens is 436 g/mol. The fourth-order valence-electron chi connectivity index (χ4n) is 4.66. The molecule has 3 heterocycles. The van der Waals surface area contributed by atoms with E-state index < -0.39 is 4.92 Å². The predicted octanol–water partition coefficient (Wildman–Crippen LogP) is 2.96. The number of nitro benzene ring substituents is 1. The maximum atomic E-state index is 13.3. The number of H-pyrrole nitrogens is 1. The fraction of sp³-hybridized carbons (Fsp3) is 0.348. The molecule has 174 valence electrons. The fourth-order valence-corrected chi connectivity index (χ4v) is 4.66. The summed E-state index contributed by atoms with van der Waals surface area (Å²) < 4.78 is 1.71. The molecule has 0 bridgehead atoms. The molecule has 5 rings (SSSR count). The number of tetrazole rings is 1. The number of aromatic amines is 1. The number of nitrogens with zero attached hydrogens (tertiary/aromatic N) is 7. The number of piperidine rings is 1. The van der Waals surface area contributed by atoms with Crippen LogP contribution in [0.25, 0.3) is 22.3 Å². The highest BCUT2D eigenvalue weighted by molar-refractivity contribution is 5.80. The van der Waals surface area contributed by atoms with Gasteiger partial charge in [-0.3, -0.25) is 19.5 Å². The number of hydrogen-bond acceptors (Lipinski definition) is 8. The lowest BCUT2D eigenvalue weighted by atomic mass is 9.95. The van der Waals surface area contributed by atoms with Crippen LogP contribution >= 0.6 is 0 Å². The van der Waals surface area contributed by atoms with Gasteiger partial charge in [-0.05, 0) is 42.2 Å². The van der Waals surface area contributed by atoms with Crippen molar-refractivity contribution in [3.05, 3.63) is 68.8 Å². The summed E-state index contributed by atoms with van der Waals surface area (Å²) in [6, 6.07) is 12.3. The Labute approximate surface area is 194 Å². The summed E-state index contributed by atoms with van der Waals surface area (Å²) in [5.41, 5.74) is 2.18. The Bertz CT molecular complexity index is 1390. The van der Waals surface area contributed by atoms with Crippen LogP contribution in [0.3, 0.4) is 0 Å². The van der Waals surface area contributed by atoms with Gasteiger partial charge in [-0.25, -0.2) is 4.98 Å². The smallest absolute Gasteiger partial charge is 0.270 e.